The quantitative estimate of drug-likeness (QED) is 0.276. The fourth-order valence-corrected chi connectivity index (χ4v) is 4.76. The van der Waals surface area contributed by atoms with E-state index in [1.165, 1.54) is 5.56 Å². The molecule has 1 unspecified atom stereocenters. The number of para-hydroxylation sites is 2. The van der Waals surface area contributed by atoms with E-state index < -0.39 is 23.4 Å². The molecule has 3 aromatic rings. The highest BCUT2D eigenvalue weighted by atomic mass is 16.6. The average molecular weight is 564 g/mol. The Morgan fingerprint density at radius 1 is 1.02 bits per heavy atom. The molecule has 0 radical (unpaired) electrons. The molecule has 2 heterocycles. The van der Waals surface area contributed by atoms with Crippen LogP contribution in [0.1, 0.15) is 77.5 Å². The van der Waals surface area contributed by atoms with Gasteiger partial charge in [0.15, 0.2) is 0 Å². The Balaban J connectivity index is 1.56. The third kappa shape index (κ3) is 9.01. The van der Waals surface area contributed by atoms with Gasteiger partial charge in [0.2, 0.25) is 5.96 Å². The first-order valence-electron chi connectivity index (χ1n) is 14.0. The van der Waals surface area contributed by atoms with Crippen molar-refractivity contribution in [3.63, 3.8) is 0 Å². The monoisotopic (exact) mass is 563 g/mol. The summed E-state index contributed by atoms with van der Waals surface area (Å²) in [7, 11) is 0. The van der Waals surface area contributed by atoms with Gasteiger partial charge in [-0.1, -0.05) is 18.2 Å². The minimum atomic E-state index is -0.725. The van der Waals surface area contributed by atoms with Crippen molar-refractivity contribution in [3.05, 3.63) is 59.7 Å². The van der Waals surface area contributed by atoms with Crippen molar-refractivity contribution in [3.8, 4) is 0 Å². The van der Waals surface area contributed by atoms with Crippen LogP contribution in [0.3, 0.4) is 0 Å². The first-order valence-corrected chi connectivity index (χ1v) is 14.0. The molecule has 1 aliphatic rings. The molecule has 4 rings (SSSR count). The molecule has 0 fully saturated rings. The number of carbonyl (C=O) groups is 2. The Hall–Kier alpha value is -3.99. The lowest BCUT2D eigenvalue weighted by molar-refractivity contribution is 0.0545. The molecule has 1 aliphatic carbocycles. The smallest absolute Gasteiger partial charge is 0.414 e. The molecule has 0 saturated carbocycles. The predicted molar refractivity (Wildman–Crippen MR) is 157 cm³/mol. The zero-order valence-electron chi connectivity index (χ0n) is 24.8. The maximum Gasteiger partial charge on any atom is 0.414 e. The van der Waals surface area contributed by atoms with Gasteiger partial charge in [-0.3, -0.25) is 25.5 Å². The standard InChI is InChI=1S/C30H41N7O4/c1-29(2,3)40-27(38)35-26(36-28(39)41-30(4,5)6)32-17-18-37(19-24-33-21-13-7-8-14-22(21)34-24)23-15-9-11-20-12-10-16-31-25(20)23/h7-8,10,12-14,16,23H,9,11,15,17-19H2,1-6H3,(H,33,34)(H2,32,35,36,38,39). The summed E-state index contributed by atoms with van der Waals surface area (Å²) in [5.41, 5.74) is 2.78. The minimum Gasteiger partial charge on any atom is -0.444 e. The van der Waals surface area contributed by atoms with E-state index in [4.69, 9.17) is 19.4 Å². The summed E-state index contributed by atoms with van der Waals surface area (Å²) >= 11 is 0. The second-order valence-corrected chi connectivity index (χ2v) is 12.1. The third-order valence-electron chi connectivity index (χ3n) is 6.29. The molecule has 11 heteroatoms. The second-order valence-electron chi connectivity index (χ2n) is 12.1. The van der Waals surface area contributed by atoms with Gasteiger partial charge in [-0.2, -0.15) is 0 Å². The van der Waals surface area contributed by atoms with E-state index in [0.717, 1.165) is 41.8 Å². The van der Waals surface area contributed by atoms with Crippen molar-refractivity contribution in [2.45, 2.75) is 84.6 Å². The fraction of sp³-hybridized carbons (Fsp3) is 0.500. The van der Waals surface area contributed by atoms with E-state index in [0.29, 0.717) is 13.1 Å². The highest BCUT2D eigenvalue weighted by molar-refractivity contribution is 6.01. The largest absolute Gasteiger partial charge is 0.444 e. The van der Waals surface area contributed by atoms with Gasteiger partial charge in [0.25, 0.3) is 0 Å². The Labute approximate surface area is 241 Å². The minimum absolute atomic E-state index is 0.0423. The van der Waals surface area contributed by atoms with Crippen molar-refractivity contribution in [1.82, 2.24) is 30.5 Å². The highest BCUT2D eigenvalue weighted by Gasteiger charge is 2.28. The molecular formula is C30H41N7O4. The van der Waals surface area contributed by atoms with Crippen LogP contribution in [0.4, 0.5) is 9.59 Å². The van der Waals surface area contributed by atoms with Gasteiger partial charge in [-0.05, 0) is 84.6 Å². The molecule has 220 valence electrons. The molecule has 2 amide bonds. The van der Waals surface area contributed by atoms with Crippen LogP contribution in [0.2, 0.25) is 0 Å². The van der Waals surface area contributed by atoms with Crippen molar-refractivity contribution in [2.24, 2.45) is 4.99 Å². The van der Waals surface area contributed by atoms with Gasteiger partial charge in [0, 0.05) is 12.7 Å². The predicted octanol–water partition coefficient (Wildman–Crippen LogP) is 5.24. The normalized spacial score (nSPS) is 15.2. The number of carbonyl (C=O) groups excluding carboxylic acids is 2. The van der Waals surface area contributed by atoms with E-state index in [-0.39, 0.29) is 18.5 Å². The third-order valence-corrected chi connectivity index (χ3v) is 6.29. The van der Waals surface area contributed by atoms with Gasteiger partial charge >= 0.3 is 12.2 Å². The molecule has 0 bridgehead atoms. The number of imidazole rings is 1. The molecular weight excluding hydrogens is 522 g/mol. The SMILES string of the molecule is CC(C)(C)OC(=O)NC(=NCCN(Cc1nc2ccccc2[nH]1)C1CCCc2cccnc21)NC(=O)OC(C)(C)C. The number of amides is 2. The second kappa shape index (κ2) is 12.7. The van der Waals surface area contributed by atoms with Crippen molar-refractivity contribution in [2.75, 3.05) is 13.1 Å². The van der Waals surface area contributed by atoms with Crippen molar-refractivity contribution < 1.29 is 19.1 Å². The number of guanidine groups is 1. The van der Waals surface area contributed by atoms with E-state index in [1.54, 1.807) is 41.5 Å². The number of fused-ring (bicyclic) bond motifs is 2. The lowest BCUT2D eigenvalue weighted by atomic mass is 9.91. The summed E-state index contributed by atoms with van der Waals surface area (Å²) in [6.45, 7) is 11.9. The number of rotatable bonds is 6. The summed E-state index contributed by atoms with van der Waals surface area (Å²) in [6, 6.07) is 12.1. The van der Waals surface area contributed by atoms with Crippen LogP contribution in [-0.2, 0) is 22.4 Å². The number of nitrogens with one attached hydrogen (secondary N) is 3. The topological polar surface area (TPSA) is 134 Å². The molecule has 0 saturated heterocycles. The maximum absolute atomic E-state index is 12.5. The Bertz CT molecular complexity index is 1320. The number of alkyl carbamates (subject to hydrolysis) is 2. The van der Waals surface area contributed by atoms with E-state index in [2.05, 4.69) is 31.6 Å². The molecule has 0 spiro atoms. The van der Waals surface area contributed by atoms with Crippen LogP contribution in [0.5, 0.6) is 0 Å². The van der Waals surface area contributed by atoms with Crippen LogP contribution < -0.4 is 10.6 Å². The number of aliphatic imine (C=N–C) groups is 1. The highest BCUT2D eigenvalue weighted by Crippen LogP contribution is 2.33. The first-order chi connectivity index (χ1) is 19.4. The number of benzene rings is 1. The number of nitrogens with zero attached hydrogens (tertiary/aromatic N) is 4. The zero-order chi connectivity index (χ0) is 29.6. The number of aromatic amines is 1. The van der Waals surface area contributed by atoms with E-state index >= 15 is 0 Å². The number of H-pyrrole nitrogens is 1. The summed E-state index contributed by atoms with van der Waals surface area (Å²) < 4.78 is 10.7. The van der Waals surface area contributed by atoms with E-state index in [1.807, 2.05) is 36.5 Å². The Kier molecular flexibility index (Phi) is 9.27. The Morgan fingerprint density at radius 3 is 2.37 bits per heavy atom. The average Bonchev–Trinajstić information content (AvgIpc) is 3.28. The maximum atomic E-state index is 12.5. The summed E-state index contributed by atoms with van der Waals surface area (Å²) in [4.78, 5) is 44.8. The van der Waals surface area contributed by atoms with Crippen LogP contribution in [-0.4, -0.2) is 62.3 Å². The number of aromatic nitrogens is 3. The van der Waals surface area contributed by atoms with Crippen LogP contribution >= 0.6 is 0 Å². The Morgan fingerprint density at radius 2 is 1.71 bits per heavy atom. The number of hydrogen-bond acceptors (Lipinski definition) is 8. The number of hydrogen-bond donors (Lipinski definition) is 3. The molecule has 1 atom stereocenters. The summed E-state index contributed by atoms with van der Waals surface area (Å²) in [5.74, 6) is 0.802. The van der Waals surface area contributed by atoms with Crippen molar-refractivity contribution >= 4 is 29.2 Å². The van der Waals surface area contributed by atoms with Crippen LogP contribution in [0.25, 0.3) is 11.0 Å². The zero-order valence-corrected chi connectivity index (χ0v) is 24.8. The van der Waals surface area contributed by atoms with Crippen LogP contribution in [0.15, 0.2) is 47.6 Å². The van der Waals surface area contributed by atoms with E-state index in [9.17, 15) is 9.59 Å². The number of pyridine rings is 1. The van der Waals surface area contributed by atoms with Crippen LogP contribution in [0, 0.1) is 0 Å². The lowest BCUT2D eigenvalue weighted by Crippen LogP contribution is -2.47. The van der Waals surface area contributed by atoms with Gasteiger partial charge < -0.3 is 14.5 Å². The van der Waals surface area contributed by atoms with Gasteiger partial charge in [-0.15, -0.1) is 0 Å². The lowest BCUT2D eigenvalue weighted by Gasteiger charge is -2.34. The van der Waals surface area contributed by atoms with Crippen molar-refractivity contribution in [1.29, 1.82) is 0 Å². The summed E-state index contributed by atoms with van der Waals surface area (Å²) in [5, 5.41) is 5.11. The molecule has 1 aromatic carbocycles. The molecule has 3 N–H and O–H groups in total. The summed E-state index contributed by atoms with van der Waals surface area (Å²) in [6.07, 6.45) is 3.39. The number of ether oxygens (including phenoxy) is 2. The fourth-order valence-electron chi connectivity index (χ4n) is 4.76. The molecule has 0 aliphatic heterocycles. The molecule has 41 heavy (non-hydrogen) atoms. The molecule has 2 aromatic heterocycles. The van der Waals surface area contributed by atoms with Gasteiger partial charge in [-0.25, -0.2) is 14.6 Å². The van der Waals surface area contributed by atoms with Gasteiger partial charge in [0.05, 0.1) is 35.9 Å². The first kappa shape index (κ1) is 30.0. The van der Waals surface area contributed by atoms with Gasteiger partial charge in [0.1, 0.15) is 17.0 Å². The number of aryl methyl sites for hydroxylation is 1. The molecule has 11 nitrogen and oxygen atoms in total.